The molecule has 0 saturated heterocycles. The molecule has 2 aromatic carbocycles. The molecule has 2 rings (SSSR count). The Morgan fingerprint density at radius 2 is 1.39 bits per heavy atom. The fraction of sp³-hybridized carbons (Fsp3) is 0.594. The smallest absolute Gasteiger partial charge is 0.150 e. The van der Waals surface area contributed by atoms with Crippen molar-refractivity contribution in [3.05, 3.63) is 64.2 Å². The van der Waals surface area contributed by atoms with E-state index in [0.717, 1.165) is 41.6 Å². The lowest BCUT2D eigenvalue weighted by Crippen LogP contribution is -2.39. The molecule has 0 aromatic heterocycles. The Morgan fingerprint density at radius 3 is 1.81 bits per heavy atom. The van der Waals surface area contributed by atoms with Crippen LogP contribution in [0.25, 0.3) is 0 Å². The van der Waals surface area contributed by atoms with Crippen molar-refractivity contribution in [3.8, 4) is 5.75 Å². The summed E-state index contributed by atoms with van der Waals surface area (Å²) < 4.78 is 13.3. The van der Waals surface area contributed by atoms with Crippen molar-refractivity contribution in [1.82, 2.24) is 0 Å². The maximum Gasteiger partial charge on any atom is 0.150 e. The molecule has 36 heavy (non-hydrogen) atoms. The highest BCUT2D eigenvalue weighted by molar-refractivity contribution is 8.29. The summed E-state index contributed by atoms with van der Waals surface area (Å²) in [5.41, 5.74) is 5.33. The van der Waals surface area contributed by atoms with Gasteiger partial charge in [-0.05, 0) is 72.9 Å². The van der Waals surface area contributed by atoms with E-state index in [4.69, 9.17) is 8.92 Å². The molecule has 0 radical (unpaired) electrons. The molecular weight excluding hydrogens is 464 g/mol. The molecule has 0 aliphatic carbocycles. The van der Waals surface area contributed by atoms with Gasteiger partial charge >= 0.3 is 0 Å². The Bertz CT molecular complexity index is 1040. The van der Waals surface area contributed by atoms with Crippen molar-refractivity contribution >= 4 is 16.6 Å². The van der Waals surface area contributed by atoms with Gasteiger partial charge in [-0.15, -0.1) is 10.3 Å². The van der Waals surface area contributed by atoms with Crippen LogP contribution in [-0.4, -0.2) is 36.3 Å². The fourth-order valence-corrected chi connectivity index (χ4v) is 5.68. The second-order valence-electron chi connectivity index (χ2n) is 12.6. The number of hydrogen-bond donors (Lipinski definition) is 0. The van der Waals surface area contributed by atoms with Crippen LogP contribution < -0.4 is 4.74 Å². The van der Waals surface area contributed by atoms with Crippen molar-refractivity contribution in [2.24, 2.45) is 5.41 Å². The standard InChI is InChI=1S/C32H50O3S/c1-13-32(14-2,26-16-15-25(21-33)23(3)19-26)27-17-18-28(24(4)20-27)34-22-29(30(5,6)7)35-36(11,12)31(8,9)10/h15-21,29H,13-14,22H2,1-12H3/t29-/m1/s1. The first kappa shape index (κ1) is 30.4. The molecule has 0 unspecified atom stereocenters. The zero-order valence-electron chi connectivity index (χ0n) is 24.9. The van der Waals surface area contributed by atoms with Gasteiger partial charge in [-0.2, -0.15) is 0 Å². The number of aryl methyl sites for hydroxylation is 2. The predicted octanol–water partition coefficient (Wildman–Crippen LogP) is 8.81. The summed E-state index contributed by atoms with van der Waals surface area (Å²) in [4.78, 5) is 11.4. The van der Waals surface area contributed by atoms with Crippen LogP contribution in [0.2, 0.25) is 0 Å². The topological polar surface area (TPSA) is 35.5 Å². The van der Waals surface area contributed by atoms with Crippen LogP contribution in [0.15, 0.2) is 36.4 Å². The summed E-state index contributed by atoms with van der Waals surface area (Å²) in [6, 6.07) is 12.9. The van der Waals surface area contributed by atoms with Crippen molar-refractivity contribution in [2.75, 3.05) is 19.1 Å². The summed E-state index contributed by atoms with van der Waals surface area (Å²) >= 11 is 0. The summed E-state index contributed by atoms with van der Waals surface area (Å²) in [6.07, 6.45) is 7.40. The van der Waals surface area contributed by atoms with E-state index < -0.39 is 10.3 Å². The van der Waals surface area contributed by atoms with E-state index in [1.807, 2.05) is 13.0 Å². The van der Waals surface area contributed by atoms with Crippen LogP contribution in [0.4, 0.5) is 0 Å². The van der Waals surface area contributed by atoms with Gasteiger partial charge in [0.25, 0.3) is 0 Å². The molecule has 0 heterocycles. The summed E-state index contributed by atoms with van der Waals surface area (Å²) in [6.45, 7) is 22.6. The normalized spacial score (nSPS) is 14.4. The van der Waals surface area contributed by atoms with Crippen molar-refractivity contribution in [3.63, 3.8) is 0 Å². The summed E-state index contributed by atoms with van der Waals surface area (Å²) in [5.74, 6) is 0.911. The molecule has 0 fully saturated rings. The van der Waals surface area contributed by atoms with E-state index in [-0.39, 0.29) is 21.7 Å². The van der Waals surface area contributed by atoms with Crippen molar-refractivity contribution < 1.29 is 13.7 Å². The molecule has 202 valence electrons. The third-order valence-corrected chi connectivity index (χ3v) is 11.7. The van der Waals surface area contributed by atoms with Gasteiger partial charge in [0.15, 0.2) is 0 Å². The van der Waals surface area contributed by atoms with Gasteiger partial charge in [0.2, 0.25) is 0 Å². The van der Waals surface area contributed by atoms with Gasteiger partial charge < -0.3 is 8.92 Å². The average Bonchev–Trinajstić information content (AvgIpc) is 2.77. The van der Waals surface area contributed by atoms with E-state index in [9.17, 15) is 4.79 Å². The highest BCUT2D eigenvalue weighted by Crippen LogP contribution is 2.56. The van der Waals surface area contributed by atoms with Gasteiger partial charge in [0.05, 0.1) is 0 Å². The highest BCUT2D eigenvalue weighted by Gasteiger charge is 2.37. The predicted molar refractivity (Wildman–Crippen MR) is 158 cm³/mol. The fourth-order valence-electron chi connectivity index (χ4n) is 4.47. The largest absolute Gasteiger partial charge is 0.491 e. The van der Waals surface area contributed by atoms with Crippen LogP contribution >= 0.6 is 10.3 Å². The lowest BCUT2D eigenvalue weighted by molar-refractivity contribution is 0.0523. The van der Waals surface area contributed by atoms with Crippen molar-refractivity contribution in [2.45, 2.75) is 98.3 Å². The zero-order valence-corrected chi connectivity index (χ0v) is 25.7. The molecule has 1 atom stereocenters. The van der Waals surface area contributed by atoms with E-state index in [1.54, 1.807) is 0 Å². The third-order valence-electron chi connectivity index (χ3n) is 8.07. The number of ether oxygens (including phenoxy) is 1. The first-order valence-electron chi connectivity index (χ1n) is 13.2. The van der Waals surface area contributed by atoms with E-state index in [0.29, 0.717) is 6.61 Å². The van der Waals surface area contributed by atoms with Crippen LogP contribution in [0.3, 0.4) is 0 Å². The number of aldehydes is 1. The minimum atomic E-state index is -1.27. The average molecular weight is 515 g/mol. The second-order valence-corrected chi connectivity index (χ2v) is 16.4. The first-order chi connectivity index (χ1) is 16.5. The quantitative estimate of drug-likeness (QED) is 0.297. The Morgan fingerprint density at radius 1 is 0.861 bits per heavy atom. The summed E-state index contributed by atoms with van der Waals surface area (Å²) in [7, 11) is -1.27. The molecule has 3 nitrogen and oxygen atoms in total. The number of carbonyl (C=O) groups is 1. The van der Waals surface area contributed by atoms with E-state index >= 15 is 0 Å². The number of hydrogen-bond acceptors (Lipinski definition) is 3. The zero-order chi connectivity index (χ0) is 27.5. The third kappa shape index (κ3) is 6.55. The Kier molecular flexibility index (Phi) is 9.56. The van der Waals surface area contributed by atoms with Gasteiger partial charge in [0.1, 0.15) is 24.7 Å². The van der Waals surface area contributed by atoms with E-state index in [1.165, 1.54) is 11.1 Å². The Labute approximate surface area is 222 Å². The minimum Gasteiger partial charge on any atom is -0.491 e. The SMILES string of the molecule is CCC(CC)(c1ccc(C=O)c(C)c1)c1ccc(OC[C@@H](OS(C)(C)C(C)(C)C)C(C)(C)C)c(C)c1. The Balaban J connectivity index is 2.35. The van der Waals surface area contributed by atoms with Gasteiger partial charge in [0, 0.05) is 15.7 Å². The van der Waals surface area contributed by atoms with E-state index in [2.05, 4.69) is 105 Å². The molecule has 0 N–H and O–H groups in total. The van der Waals surface area contributed by atoms with Crippen LogP contribution in [0, 0.1) is 19.3 Å². The monoisotopic (exact) mass is 514 g/mol. The first-order valence-corrected chi connectivity index (χ1v) is 15.6. The Hall–Kier alpha value is -1.78. The summed E-state index contributed by atoms with van der Waals surface area (Å²) in [5, 5.41) is 0. The molecule has 0 saturated carbocycles. The lowest BCUT2D eigenvalue weighted by Gasteiger charge is -2.48. The molecule has 0 amide bonds. The van der Waals surface area contributed by atoms with Crippen LogP contribution in [-0.2, 0) is 9.60 Å². The molecule has 4 heteroatoms. The molecule has 0 bridgehead atoms. The van der Waals surface area contributed by atoms with Crippen LogP contribution in [0.5, 0.6) is 5.75 Å². The number of benzene rings is 2. The molecule has 0 aliphatic rings. The highest BCUT2D eigenvalue weighted by atomic mass is 32.3. The lowest BCUT2D eigenvalue weighted by atomic mass is 9.70. The molecule has 0 spiro atoms. The maximum absolute atomic E-state index is 11.4. The van der Waals surface area contributed by atoms with Gasteiger partial charge in [-0.1, -0.05) is 85.7 Å². The van der Waals surface area contributed by atoms with Crippen molar-refractivity contribution in [1.29, 1.82) is 0 Å². The van der Waals surface area contributed by atoms with Gasteiger partial charge in [-0.25, -0.2) is 0 Å². The second kappa shape index (κ2) is 11.3. The van der Waals surface area contributed by atoms with Gasteiger partial charge in [-0.3, -0.25) is 4.79 Å². The molecular formula is C32H50O3S. The number of rotatable bonds is 10. The number of carbonyl (C=O) groups excluding carboxylic acids is 1. The molecule has 2 aromatic rings. The molecule has 0 aliphatic heterocycles. The minimum absolute atomic E-state index is 0.00881. The van der Waals surface area contributed by atoms with Crippen LogP contribution in [0.1, 0.15) is 101 Å². The maximum atomic E-state index is 11.4.